The molecule has 1 amide bonds. The molecule has 0 atom stereocenters. The Kier molecular flexibility index (Phi) is 6.80. The molecule has 0 aromatic heterocycles. The number of piperidine rings is 1. The third kappa shape index (κ3) is 5.39. The molecule has 28 heavy (non-hydrogen) atoms. The first-order valence-corrected chi connectivity index (χ1v) is 11.0. The quantitative estimate of drug-likeness (QED) is 0.770. The summed E-state index contributed by atoms with van der Waals surface area (Å²) in [4.78, 5) is 12.4. The van der Waals surface area contributed by atoms with Crippen molar-refractivity contribution in [1.82, 2.24) is 9.62 Å². The summed E-state index contributed by atoms with van der Waals surface area (Å²) in [5, 5.41) is 2.84. The normalized spacial score (nSPS) is 16.0. The van der Waals surface area contributed by atoms with Crippen LogP contribution in [0.15, 0.2) is 59.5 Å². The topological polar surface area (TPSA) is 66.5 Å². The van der Waals surface area contributed by atoms with Gasteiger partial charge in [0.15, 0.2) is 0 Å². The molecule has 0 unspecified atom stereocenters. The predicted molar refractivity (Wildman–Crippen MR) is 105 cm³/mol. The van der Waals surface area contributed by atoms with Crippen LogP contribution in [0.5, 0.6) is 0 Å². The van der Waals surface area contributed by atoms with Crippen molar-refractivity contribution in [3.8, 4) is 0 Å². The van der Waals surface area contributed by atoms with E-state index < -0.39 is 10.0 Å². The number of halogens is 1. The van der Waals surface area contributed by atoms with E-state index in [-0.39, 0.29) is 11.7 Å². The minimum atomic E-state index is -3.43. The van der Waals surface area contributed by atoms with Crippen molar-refractivity contribution in [3.63, 3.8) is 0 Å². The number of nitrogens with one attached hydrogen (secondary N) is 1. The number of sulfonamides is 1. The lowest BCUT2D eigenvalue weighted by atomic mass is 9.93. The van der Waals surface area contributed by atoms with Crippen LogP contribution < -0.4 is 5.32 Å². The standard InChI is InChI=1S/C21H25FN2O3S/c22-19-9-6-18(7-10-19)16-23-21(25)11-8-17-12-14-24(15-13-17)28(26,27)20-4-2-1-3-5-20/h1-7,9-10,17H,8,11-16H2,(H,23,25). The van der Waals surface area contributed by atoms with Gasteiger partial charge < -0.3 is 5.32 Å². The smallest absolute Gasteiger partial charge is 0.243 e. The second-order valence-corrected chi connectivity index (χ2v) is 9.04. The summed E-state index contributed by atoms with van der Waals surface area (Å²) in [5.74, 6) is 0.0122. The molecule has 7 heteroatoms. The van der Waals surface area contributed by atoms with Gasteiger partial charge in [-0.1, -0.05) is 30.3 Å². The van der Waals surface area contributed by atoms with Crippen molar-refractivity contribution in [1.29, 1.82) is 0 Å². The Balaban J connectivity index is 1.40. The van der Waals surface area contributed by atoms with E-state index in [1.54, 1.807) is 42.5 Å². The van der Waals surface area contributed by atoms with Crippen LogP contribution in [0.2, 0.25) is 0 Å². The van der Waals surface area contributed by atoms with Gasteiger partial charge in [0.1, 0.15) is 5.82 Å². The number of amides is 1. The molecule has 0 saturated carbocycles. The lowest BCUT2D eigenvalue weighted by Gasteiger charge is -2.31. The molecule has 0 radical (unpaired) electrons. The van der Waals surface area contributed by atoms with E-state index in [2.05, 4.69) is 5.32 Å². The Morgan fingerprint density at radius 2 is 1.68 bits per heavy atom. The Hall–Kier alpha value is -2.25. The van der Waals surface area contributed by atoms with Crippen molar-refractivity contribution in [2.75, 3.05) is 13.1 Å². The number of hydrogen-bond donors (Lipinski definition) is 1. The molecule has 1 heterocycles. The zero-order valence-electron chi connectivity index (χ0n) is 15.7. The molecule has 0 aliphatic carbocycles. The number of nitrogens with zero attached hydrogens (tertiary/aromatic N) is 1. The van der Waals surface area contributed by atoms with Crippen molar-refractivity contribution in [2.45, 2.75) is 37.1 Å². The highest BCUT2D eigenvalue weighted by atomic mass is 32.2. The summed E-state index contributed by atoms with van der Waals surface area (Å²) in [6, 6.07) is 14.5. The third-order valence-corrected chi connectivity index (χ3v) is 7.05. The van der Waals surface area contributed by atoms with E-state index in [0.29, 0.717) is 36.9 Å². The highest BCUT2D eigenvalue weighted by Gasteiger charge is 2.29. The highest BCUT2D eigenvalue weighted by molar-refractivity contribution is 7.89. The van der Waals surface area contributed by atoms with E-state index in [9.17, 15) is 17.6 Å². The Labute approximate surface area is 165 Å². The van der Waals surface area contributed by atoms with Crippen molar-refractivity contribution < 1.29 is 17.6 Å². The summed E-state index contributed by atoms with van der Waals surface area (Å²) in [6.45, 7) is 1.35. The van der Waals surface area contributed by atoms with Crippen LogP contribution in [0, 0.1) is 11.7 Å². The molecule has 1 aliphatic heterocycles. The van der Waals surface area contributed by atoms with Crippen LogP contribution >= 0.6 is 0 Å². The predicted octanol–water partition coefficient (Wildman–Crippen LogP) is 3.32. The monoisotopic (exact) mass is 404 g/mol. The molecule has 1 saturated heterocycles. The van der Waals surface area contributed by atoms with Gasteiger partial charge in [-0.25, -0.2) is 12.8 Å². The minimum absolute atomic E-state index is 0.0383. The second-order valence-electron chi connectivity index (χ2n) is 7.10. The lowest BCUT2D eigenvalue weighted by Crippen LogP contribution is -2.38. The Morgan fingerprint density at radius 1 is 1.04 bits per heavy atom. The summed E-state index contributed by atoms with van der Waals surface area (Å²) >= 11 is 0. The third-order valence-electron chi connectivity index (χ3n) is 5.14. The molecule has 5 nitrogen and oxygen atoms in total. The zero-order chi connectivity index (χ0) is 20.0. The fraction of sp³-hybridized carbons (Fsp3) is 0.381. The van der Waals surface area contributed by atoms with Gasteiger partial charge in [-0.05, 0) is 55.0 Å². The van der Waals surface area contributed by atoms with Crippen LogP contribution in [-0.2, 0) is 21.4 Å². The van der Waals surface area contributed by atoms with Crippen LogP contribution in [0.1, 0.15) is 31.2 Å². The van der Waals surface area contributed by atoms with E-state index in [1.807, 2.05) is 0 Å². The van der Waals surface area contributed by atoms with Gasteiger partial charge in [0, 0.05) is 26.1 Å². The average molecular weight is 405 g/mol. The van der Waals surface area contributed by atoms with Crippen LogP contribution in [-0.4, -0.2) is 31.7 Å². The first-order chi connectivity index (χ1) is 13.4. The number of rotatable bonds is 7. The molecular weight excluding hydrogens is 379 g/mol. The molecule has 0 spiro atoms. The number of hydrogen-bond acceptors (Lipinski definition) is 3. The van der Waals surface area contributed by atoms with E-state index >= 15 is 0 Å². The van der Waals surface area contributed by atoms with Crippen molar-refractivity contribution >= 4 is 15.9 Å². The summed E-state index contributed by atoms with van der Waals surface area (Å²) in [7, 11) is -3.43. The molecule has 1 fully saturated rings. The van der Waals surface area contributed by atoms with Gasteiger partial charge in [-0.3, -0.25) is 4.79 Å². The van der Waals surface area contributed by atoms with E-state index in [1.165, 1.54) is 16.4 Å². The molecule has 150 valence electrons. The summed E-state index contributed by atoms with van der Waals surface area (Å²) in [6.07, 6.45) is 2.68. The number of benzene rings is 2. The first kappa shape index (κ1) is 20.5. The molecule has 1 aliphatic rings. The average Bonchev–Trinajstić information content (AvgIpc) is 2.73. The van der Waals surface area contributed by atoms with Crippen LogP contribution in [0.4, 0.5) is 4.39 Å². The first-order valence-electron chi connectivity index (χ1n) is 9.51. The van der Waals surface area contributed by atoms with Gasteiger partial charge in [0.25, 0.3) is 0 Å². The Bertz CT molecular complexity index is 878. The highest BCUT2D eigenvalue weighted by Crippen LogP contribution is 2.26. The largest absolute Gasteiger partial charge is 0.352 e. The molecule has 2 aromatic rings. The van der Waals surface area contributed by atoms with Crippen molar-refractivity contribution in [2.24, 2.45) is 5.92 Å². The summed E-state index contributed by atoms with van der Waals surface area (Å²) < 4.78 is 39.7. The zero-order valence-corrected chi connectivity index (χ0v) is 16.5. The SMILES string of the molecule is O=C(CCC1CCN(S(=O)(=O)c2ccccc2)CC1)NCc1ccc(F)cc1. The number of carbonyl (C=O) groups is 1. The van der Waals surface area contributed by atoms with Gasteiger partial charge >= 0.3 is 0 Å². The molecule has 2 aromatic carbocycles. The molecule has 3 rings (SSSR count). The second kappa shape index (κ2) is 9.30. The summed E-state index contributed by atoms with van der Waals surface area (Å²) in [5.41, 5.74) is 0.856. The molecular formula is C21H25FN2O3S. The van der Waals surface area contributed by atoms with Crippen LogP contribution in [0.3, 0.4) is 0 Å². The maximum absolute atomic E-state index is 12.9. The maximum Gasteiger partial charge on any atom is 0.243 e. The fourth-order valence-electron chi connectivity index (χ4n) is 3.41. The maximum atomic E-state index is 12.9. The number of carbonyl (C=O) groups excluding carboxylic acids is 1. The van der Waals surface area contributed by atoms with E-state index in [0.717, 1.165) is 24.8 Å². The van der Waals surface area contributed by atoms with Crippen molar-refractivity contribution in [3.05, 3.63) is 66.0 Å². The van der Waals surface area contributed by atoms with Gasteiger partial charge in [-0.2, -0.15) is 4.31 Å². The Morgan fingerprint density at radius 3 is 2.32 bits per heavy atom. The lowest BCUT2D eigenvalue weighted by molar-refractivity contribution is -0.121. The van der Waals surface area contributed by atoms with E-state index in [4.69, 9.17) is 0 Å². The van der Waals surface area contributed by atoms with Crippen LogP contribution in [0.25, 0.3) is 0 Å². The minimum Gasteiger partial charge on any atom is -0.352 e. The van der Waals surface area contributed by atoms with Gasteiger partial charge in [0.2, 0.25) is 15.9 Å². The molecule has 0 bridgehead atoms. The van der Waals surface area contributed by atoms with Gasteiger partial charge in [-0.15, -0.1) is 0 Å². The fourth-order valence-corrected chi connectivity index (χ4v) is 4.90. The molecule has 1 N–H and O–H groups in total. The van der Waals surface area contributed by atoms with Gasteiger partial charge in [0.05, 0.1) is 4.90 Å².